The molecule has 0 spiro atoms. The summed E-state index contributed by atoms with van der Waals surface area (Å²) in [5.41, 5.74) is 3.55. The van der Waals surface area contributed by atoms with E-state index in [1.807, 2.05) is 37.4 Å². The number of hydrogen-bond acceptors (Lipinski definition) is 3. The van der Waals surface area contributed by atoms with Gasteiger partial charge in [0, 0.05) is 31.4 Å². The first-order valence-corrected chi connectivity index (χ1v) is 8.33. The first-order valence-electron chi connectivity index (χ1n) is 7.92. The number of alkyl halides is 2. The van der Waals surface area contributed by atoms with Gasteiger partial charge in [0.1, 0.15) is 5.75 Å². The lowest BCUT2D eigenvalue weighted by molar-refractivity contribution is -0.0493. The highest BCUT2D eigenvalue weighted by Gasteiger charge is 2.16. The molecule has 1 aromatic carbocycles. The number of para-hydroxylation sites is 2. The van der Waals surface area contributed by atoms with Crippen LogP contribution in [0.5, 0.6) is 5.75 Å². The summed E-state index contributed by atoms with van der Waals surface area (Å²) in [5, 5.41) is 7.87. The molecular weight excluding hydrogens is 346 g/mol. The highest BCUT2D eigenvalue weighted by molar-refractivity contribution is 7.80. The Bertz CT molecular complexity index is 748. The van der Waals surface area contributed by atoms with Gasteiger partial charge in [-0.05, 0) is 45.1 Å². The van der Waals surface area contributed by atoms with Gasteiger partial charge in [0.15, 0.2) is 5.11 Å². The second-order valence-corrected chi connectivity index (χ2v) is 6.01. The summed E-state index contributed by atoms with van der Waals surface area (Å²) in [6, 6.07) is 6.46. The SMILES string of the molecule is CCn1nc(C)c(CN(C)C(=S)Nc2ccccc2OC(F)F)c1C. The van der Waals surface area contributed by atoms with Gasteiger partial charge in [-0.1, -0.05) is 12.1 Å². The van der Waals surface area contributed by atoms with Gasteiger partial charge >= 0.3 is 6.61 Å². The van der Waals surface area contributed by atoms with Crippen molar-refractivity contribution in [2.45, 2.75) is 40.5 Å². The first-order chi connectivity index (χ1) is 11.8. The van der Waals surface area contributed by atoms with Crippen molar-refractivity contribution in [1.29, 1.82) is 0 Å². The standard InChI is InChI=1S/C17H22F2N4OS/c1-5-23-12(3)13(11(2)21-23)10-22(4)17(25)20-14-8-6-7-9-15(14)24-16(18)19/h6-9,16H,5,10H2,1-4H3,(H,20,25). The van der Waals surface area contributed by atoms with Crippen molar-refractivity contribution in [3.8, 4) is 5.75 Å². The summed E-state index contributed by atoms with van der Waals surface area (Å²) >= 11 is 5.40. The predicted octanol–water partition coefficient (Wildman–Crippen LogP) is 3.95. The molecule has 0 unspecified atom stereocenters. The van der Waals surface area contributed by atoms with E-state index in [9.17, 15) is 8.78 Å². The molecule has 0 radical (unpaired) electrons. The summed E-state index contributed by atoms with van der Waals surface area (Å²) in [7, 11) is 1.84. The van der Waals surface area contributed by atoms with Crippen LogP contribution in [0.3, 0.4) is 0 Å². The number of hydrogen-bond donors (Lipinski definition) is 1. The number of rotatable bonds is 6. The molecule has 2 aromatic rings. The topological polar surface area (TPSA) is 42.3 Å². The molecule has 2 rings (SSSR count). The number of nitrogens with zero attached hydrogens (tertiary/aromatic N) is 3. The highest BCUT2D eigenvalue weighted by atomic mass is 32.1. The number of anilines is 1. The Morgan fingerprint density at radius 1 is 1.36 bits per heavy atom. The zero-order valence-corrected chi connectivity index (χ0v) is 15.5. The Morgan fingerprint density at radius 3 is 2.64 bits per heavy atom. The molecule has 0 atom stereocenters. The summed E-state index contributed by atoms with van der Waals surface area (Å²) < 4.78 is 31.5. The average molecular weight is 368 g/mol. The molecule has 1 aromatic heterocycles. The fourth-order valence-electron chi connectivity index (χ4n) is 2.56. The molecule has 1 heterocycles. The van der Waals surface area contributed by atoms with Crippen molar-refractivity contribution in [2.75, 3.05) is 12.4 Å². The molecule has 0 bridgehead atoms. The number of thiocarbonyl (C=S) groups is 1. The van der Waals surface area contributed by atoms with E-state index in [-0.39, 0.29) is 5.75 Å². The van der Waals surface area contributed by atoms with Gasteiger partial charge in [-0.15, -0.1) is 0 Å². The maximum absolute atomic E-state index is 12.5. The zero-order valence-electron chi connectivity index (χ0n) is 14.7. The van der Waals surface area contributed by atoms with Crippen molar-refractivity contribution < 1.29 is 13.5 Å². The quantitative estimate of drug-likeness (QED) is 0.782. The van der Waals surface area contributed by atoms with Crippen LogP contribution < -0.4 is 10.1 Å². The molecule has 0 aliphatic carbocycles. The summed E-state index contributed by atoms with van der Waals surface area (Å²) in [5.74, 6) is 0.0550. The van der Waals surface area contributed by atoms with Gasteiger partial charge in [-0.25, -0.2) is 0 Å². The van der Waals surface area contributed by atoms with Crippen LogP contribution in [-0.2, 0) is 13.1 Å². The lowest BCUT2D eigenvalue weighted by atomic mass is 10.2. The Hall–Kier alpha value is -2.22. The molecule has 136 valence electrons. The molecule has 0 aliphatic heterocycles. The van der Waals surface area contributed by atoms with Gasteiger partial charge in [-0.3, -0.25) is 4.68 Å². The predicted molar refractivity (Wildman–Crippen MR) is 98.1 cm³/mol. The molecule has 0 fully saturated rings. The molecule has 1 N–H and O–H groups in total. The smallest absolute Gasteiger partial charge is 0.387 e. The summed E-state index contributed by atoms with van der Waals surface area (Å²) in [4.78, 5) is 1.84. The third kappa shape index (κ3) is 4.66. The molecule has 0 saturated heterocycles. The maximum Gasteiger partial charge on any atom is 0.387 e. The van der Waals surface area contributed by atoms with Crippen LogP contribution in [0.15, 0.2) is 24.3 Å². The number of ether oxygens (including phenoxy) is 1. The van der Waals surface area contributed by atoms with Crippen LogP contribution in [0.2, 0.25) is 0 Å². The second-order valence-electron chi connectivity index (χ2n) is 5.63. The second kappa shape index (κ2) is 8.24. The van der Waals surface area contributed by atoms with Crippen LogP contribution in [-0.4, -0.2) is 33.5 Å². The van der Waals surface area contributed by atoms with Gasteiger partial charge in [-0.2, -0.15) is 13.9 Å². The Morgan fingerprint density at radius 2 is 2.04 bits per heavy atom. The fourth-order valence-corrected chi connectivity index (χ4v) is 2.73. The highest BCUT2D eigenvalue weighted by Crippen LogP contribution is 2.26. The van der Waals surface area contributed by atoms with Crippen LogP contribution in [0.1, 0.15) is 23.9 Å². The van der Waals surface area contributed by atoms with Crippen LogP contribution in [0.25, 0.3) is 0 Å². The number of aryl methyl sites for hydroxylation is 2. The number of halogens is 2. The normalized spacial score (nSPS) is 10.8. The molecule has 25 heavy (non-hydrogen) atoms. The van der Waals surface area contributed by atoms with E-state index in [2.05, 4.69) is 15.2 Å². The van der Waals surface area contributed by atoms with E-state index in [1.165, 1.54) is 6.07 Å². The van der Waals surface area contributed by atoms with Gasteiger partial charge in [0.25, 0.3) is 0 Å². The van der Waals surface area contributed by atoms with E-state index in [0.29, 0.717) is 17.3 Å². The van der Waals surface area contributed by atoms with E-state index in [1.54, 1.807) is 18.2 Å². The van der Waals surface area contributed by atoms with Crippen LogP contribution >= 0.6 is 12.2 Å². The van der Waals surface area contributed by atoms with E-state index in [0.717, 1.165) is 23.5 Å². The average Bonchev–Trinajstić information content (AvgIpc) is 2.83. The van der Waals surface area contributed by atoms with Gasteiger partial charge < -0.3 is 15.0 Å². The largest absolute Gasteiger partial charge is 0.433 e. The Balaban J connectivity index is 2.10. The molecule has 0 saturated carbocycles. The van der Waals surface area contributed by atoms with Crippen LogP contribution in [0, 0.1) is 13.8 Å². The summed E-state index contributed by atoms with van der Waals surface area (Å²) in [6.45, 7) is 4.51. The molecular formula is C17H22F2N4OS. The third-order valence-electron chi connectivity index (χ3n) is 3.92. The monoisotopic (exact) mass is 368 g/mol. The van der Waals surface area contributed by atoms with Crippen molar-refractivity contribution in [3.05, 3.63) is 41.2 Å². The van der Waals surface area contributed by atoms with Gasteiger partial charge in [0.2, 0.25) is 0 Å². The molecule has 0 amide bonds. The first kappa shape index (κ1) is 19.1. The molecule has 0 aliphatic rings. The van der Waals surface area contributed by atoms with Crippen molar-refractivity contribution in [2.24, 2.45) is 0 Å². The Kier molecular flexibility index (Phi) is 6.30. The van der Waals surface area contributed by atoms with Crippen molar-refractivity contribution in [3.63, 3.8) is 0 Å². The van der Waals surface area contributed by atoms with Crippen molar-refractivity contribution in [1.82, 2.24) is 14.7 Å². The minimum atomic E-state index is -2.89. The minimum absolute atomic E-state index is 0.0550. The van der Waals surface area contributed by atoms with E-state index in [4.69, 9.17) is 12.2 Å². The van der Waals surface area contributed by atoms with E-state index < -0.39 is 6.61 Å². The Labute approximate surface area is 151 Å². The fraction of sp³-hybridized carbons (Fsp3) is 0.412. The van der Waals surface area contributed by atoms with Crippen LogP contribution in [0.4, 0.5) is 14.5 Å². The van der Waals surface area contributed by atoms with Crippen molar-refractivity contribution >= 4 is 23.0 Å². The molecule has 5 nitrogen and oxygen atoms in total. The lowest BCUT2D eigenvalue weighted by Crippen LogP contribution is -2.31. The van der Waals surface area contributed by atoms with Gasteiger partial charge in [0.05, 0.1) is 11.4 Å². The zero-order chi connectivity index (χ0) is 18.6. The van der Waals surface area contributed by atoms with E-state index >= 15 is 0 Å². The maximum atomic E-state index is 12.5. The number of benzene rings is 1. The number of nitrogens with one attached hydrogen (secondary N) is 1. The lowest BCUT2D eigenvalue weighted by Gasteiger charge is -2.22. The minimum Gasteiger partial charge on any atom is -0.433 e. The number of aromatic nitrogens is 2. The molecule has 8 heteroatoms. The third-order valence-corrected chi connectivity index (χ3v) is 4.33. The summed E-state index contributed by atoms with van der Waals surface area (Å²) in [6.07, 6.45) is 0.